The maximum Gasteiger partial charge on any atom is 0.228 e. The maximum atomic E-state index is 12.1. The van der Waals surface area contributed by atoms with Gasteiger partial charge in [-0.2, -0.15) is 0 Å². The number of hydrogen-bond acceptors (Lipinski definition) is 4. The van der Waals surface area contributed by atoms with Gasteiger partial charge in [0, 0.05) is 24.4 Å². The predicted octanol–water partition coefficient (Wildman–Crippen LogP) is 3.05. The number of pyridine rings is 1. The van der Waals surface area contributed by atoms with Gasteiger partial charge in [-0.15, -0.1) is 10.2 Å². The van der Waals surface area contributed by atoms with Gasteiger partial charge >= 0.3 is 0 Å². The Labute approximate surface area is 140 Å². The van der Waals surface area contributed by atoms with Crippen molar-refractivity contribution in [1.82, 2.24) is 20.2 Å². The highest BCUT2D eigenvalue weighted by molar-refractivity contribution is 5.89. The average molecular weight is 321 g/mol. The molecule has 0 saturated carbocycles. The van der Waals surface area contributed by atoms with Gasteiger partial charge in [-0.1, -0.05) is 23.8 Å². The first-order chi connectivity index (χ1) is 11.6. The molecule has 24 heavy (non-hydrogen) atoms. The van der Waals surface area contributed by atoms with E-state index >= 15 is 0 Å². The Kier molecular flexibility index (Phi) is 4.65. The van der Waals surface area contributed by atoms with Crippen LogP contribution in [0, 0.1) is 13.8 Å². The van der Waals surface area contributed by atoms with Crippen molar-refractivity contribution in [3.05, 3.63) is 59.4 Å². The summed E-state index contributed by atoms with van der Waals surface area (Å²) in [6, 6.07) is 9.93. The molecule has 1 amide bonds. The molecule has 0 atom stereocenters. The largest absolute Gasteiger partial charge is 0.307 e. The zero-order valence-corrected chi connectivity index (χ0v) is 13.7. The van der Waals surface area contributed by atoms with E-state index in [1.807, 2.05) is 12.1 Å². The Balaban J connectivity index is 1.58. The van der Waals surface area contributed by atoms with Crippen LogP contribution in [-0.4, -0.2) is 26.1 Å². The van der Waals surface area contributed by atoms with E-state index in [1.54, 1.807) is 12.4 Å². The molecule has 1 aromatic carbocycles. The number of rotatable bonds is 5. The first-order valence-electron chi connectivity index (χ1n) is 7.81. The zero-order valence-electron chi connectivity index (χ0n) is 13.7. The Morgan fingerprint density at radius 3 is 2.67 bits per heavy atom. The molecule has 6 heteroatoms. The molecule has 6 nitrogen and oxygen atoms in total. The summed E-state index contributed by atoms with van der Waals surface area (Å²) in [7, 11) is 0. The lowest BCUT2D eigenvalue weighted by Crippen LogP contribution is -2.13. The van der Waals surface area contributed by atoms with Gasteiger partial charge in [0.2, 0.25) is 11.9 Å². The van der Waals surface area contributed by atoms with Crippen molar-refractivity contribution in [2.45, 2.75) is 26.7 Å². The summed E-state index contributed by atoms with van der Waals surface area (Å²) in [5, 5.41) is 10.7. The van der Waals surface area contributed by atoms with E-state index < -0.39 is 0 Å². The van der Waals surface area contributed by atoms with Crippen LogP contribution in [0.4, 0.5) is 5.95 Å². The smallest absolute Gasteiger partial charge is 0.228 e. The van der Waals surface area contributed by atoms with E-state index in [2.05, 4.69) is 57.5 Å². The zero-order chi connectivity index (χ0) is 16.9. The fourth-order valence-corrected chi connectivity index (χ4v) is 2.53. The fourth-order valence-electron chi connectivity index (χ4n) is 2.53. The van der Waals surface area contributed by atoms with Gasteiger partial charge in [-0.25, -0.2) is 0 Å². The minimum atomic E-state index is -0.0904. The second kappa shape index (κ2) is 7.04. The molecular weight excluding hydrogens is 302 g/mol. The number of aryl methyl sites for hydroxylation is 3. The Hall–Kier alpha value is -3.02. The molecule has 2 N–H and O–H groups in total. The summed E-state index contributed by atoms with van der Waals surface area (Å²) < 4.78 is 0. The van der Waals surface area contributed by atoms with E-state index in [0.717, 1.165) is 5.56 Å². The number of anilines is 1. The summed E-state index contributed by atoms with van der Waals surface area (Å²) in [6.07, 6.45) is 4.46. The third-order valence-corrected chi connectivity index (χ3v) is 3.82. The van der Waals surface area contributed by atoms with Crippen LogP contribution >= 0.6 is 0 Å². The molecule has 122 valence electrons. The van der Waals surface area contributed by atoms with E-state index in [-0.39, 0.29) is 5.91 Å². The number of nitrogens with zero attached hydrogens (tertiary/aromatic N) is 3. The van der Waals surface area contributed by atoms with Crippen molar-refractivity contribution in [3.63, 3.8) is 0 Å². The van der Waals surface area contributed by atoms with Crippen molar-refractivity contribution in [2.24, 2.45) is 0 Å². The van der Waals surface area contributed by atoms with Crippen LogP contribution < -0.4 is 5.32 Å². The molecule has 0 bridgehead atoms. The molecule has 3 rings (SSSR count). The topological polar surface area (TPSA) is 83.6 Å². The lowest BCUT2D eigenvalue weighted by molar-refractivity contribution is -0.116. The van der Waals surface area contributed by atoms with Crippen LogP contribution in [0.2, 0.25) is 0 Å². The summed E-state index contributed by atoms with van der Waals surface area (Å²) >= 11 is 0. The molecule has 0 unspecified atom stereocenters. The van der Waals surface area contributed by atoms with Gasteiger partial charge in [0.1, 0.15) is 0 Å². The van der Waals surface area contributed by atoms with Crippen LogP contribution in [0.15, 0.2) is 42.7 Å². The number of carbonyl (C=O) groups excluding carboxylic acids is 1. The number of amides is 1. The summed E-state index contributed by atoms with van der Waals surface area (Å²) in [6.45, 7) is 4.13. The Bertz CT molecular complexity index is 842. The SMILES string of the molecule is Cc1ccc(CCC(=O)Nc2nnc(-c3ccncc3)[nH]2)c(C)c1. The van der Waals surface area contributed by atoms with E-state index in [9.17, 15) is 4.79 Å². The van der Waals surface area contributed by atoms with E-state index in [4.69, 9.17) is 0 Å². The van der Waals surface area contributed by atoms with Crippen molar-refractivity contribution >= 4 is 11.9 Å². The molecular formula is C18H19N5O. The van der Waals surface area contributed by atoms with E-state index in [0.29, 0.717) is 24.6 Å². The van der Waals surface area contributed by atoms with Crippen molar-refractivity contribution in [3.8, 4) is 11.4 Å². The molecule has 0 saturated heterocycles. The number of benzene rings is 1. The van der Waals surface area contributed by atoms with Crippen LogP contribution in [0.1, 0.15) is 23.1 Å². The highest BCUT2D eigenvalue weighted by Gasteiger charge is 2.09. The first-order valence-corrected chi connectivity index (χ1v) is 7.81. The monoisotopic (exact) mass is 321 g/mol. The molecule has 0 spiro atoms. The summed E-state index contributed by atoms with van der Waals surface area (Å²) in [5.74, 6) is 0.863. The van der Waals surface area contributed by atoms with Gasteiger partial charge in [-0.3, -0.25) is 15.1 Å². The Morgan fingerprint density at radius 2 is 1.92 bits per heavy atom. The lowest BCUT2D eigenvalue weighted by atomic mass is 10.0. The molecule has 0 aliphatic carbocycles. The number of aromatic amines is 1. The molecule has 2 heterocycles. The quantitative estimate of drug-likeness (QED) is 0.756. The maximum absolute atomic E-state index is 12.1. The summed E-state index contributed by atoms with van der Waals surface area (Å²) in [4.78, 5) is 19.1. The van der Waals surface area contributed by atoms with Gasteiger partial charge < -0.3 is 4.98 Å². The third-order valence-electron chi connectivity index (χ3n) is 3.82. The molecule has 0 fully saturated rings. The van der Waals surface area contributed by atoms with Gasteiger partial charge in [0.05, 0.1) is 0 Å². The second-order valence-corrected chi connectivity index (χ2v) is 5.74. The normalized spacial score (nSPS) is 10.6. The Morgan fingerprint density at radius 1 is 1.12 bits per heavy atom. The fraction of sp³-hybridized carbons (Fsp3) is 0.222. The van der Waals surface area contributed by atoms with Crippen LogP contribution in [0.3, 0.4) is 0 Å². The molecule has 0 radical (unpaired) electrons. The molecule has 3 aromatic rings. The number of nitrogens with one attached hydrogen (secondary N) is 2. The van der Waals surface area contributed by atoms with Crippen molar-refractivity contribution < 1.29 is 4.79 Å². The van der Waals surface area contributed by atoms with Crippen LogP contribution in [0.25, 0.3) is 11.4 Å². The summed E-state index contributed by atoms with van der Waals surface area (Å²) in [5.41, 5.74) is 4.49. The minimum Gasteiger partial charge on any atom is -0.307 e. The number of H-pyrrole nitrogens is 1. The number of carbonyl (C=O) groups is 1. The van der Waals surface area contributed by atoms with Crippen LogP contribution in [0.5, 0.6) is 0 Å². The third kappa shape index (κ3) is 3.84. The van der Waals surface area contributed by atoms with Gasteiger partial charge in [-0.05, 0) is 43.5 Å². The van der Waals surface area contributed by atoms with Crippen LogP contribution in [-0.2, 0) is 11.2 Å². The molecule has 0 aliphatic rings. The average Bonchev–Trinajstić information content (AvgIpc) is 3.03. The first kappa shape index (κ1) is 15.9. The molecule has 2 aromatic heterocycles. The second-order valence-electron chi connectivity index (χ2n) is 5.74. The lowest BCUT2D eigenvalue weighted by Gasteiger charge is -2.06. The van der Waals surface area contributed by atoms with Gasteiger partial charge in [0.25, 0.3) is 0 Å². The highest BCUT2D eigenvalue weighted by atomic mass is 16.1. The van der Waals surface area contributed by atoms with E-state index in [1.165, 1.54) is 16.7 Å². The standard InChI is InChI=1S/C18H19N5O/c1-12-3-4-14(13(2)11-12)5-6-16(24)20-18-21-17(22-23-18)15-7-9-19-10-8-15/h3-4,7-11H,5-6H2,1-2H3,(H2,20,21,22,23,24). The van der Waals surface area contributed by atoms with Crippen molar-refractivity contribution in [1.29, 1.82) is 0 Å². The molecule has 0 aliphatic heterocycles. The highest BCUT2D eigenvalue weighted by Crippen LogP contribution is 2.15. The minimum absolute atomic E-state index is 0.0904. The van der Waals surface area contributed by atoms with Crippen molar-refractivity contribution in [2.75, 3.05) is 5.32 Å². The predicted molar refractivity (Wildman–Crippen MR) is 92.5 cm³/mol. The number of hydrogen-bond donors (Lipinski definition) is 2. The van der Waals surface area contributed by atoms with Gasteiger partial charge in [0.15, 0.2) is 5.82 Å². The number of aromatic nitrogens is 4.